The number of ether oxygens (including phenoxy) is 2. The standard InChI is InChI=1S/C27H24Br2N4O5/c1-4-16(2)26-31-23-10-7-19(28)12-22(23)27(34)32(26)30-14-18-11-20(29)13-24(37-3)25(18)38-15-17-5-8-21(9-6-17)33(35)36/h5-14,16H,4,15H2,1-3H3/t16-/m0/s1. The van der Waals surface area contributed by atoms with Gasteiger partial charge < -0.3 is 9.47 Å². The van der Waals surface area contributed by atoms with Crippen LogP contribution in [0.4, 0.5) is 5.69 Å². The highest BCUT2D eigenvalue weighted by atomic mass is 79.9. The Morgan fingerprint density at radius 3 is 2.53 bits per heavy atom. The largest absolute Gasteiger partial charge is 0.493 e. The lowest BCUT2D eigenvalue weighted by atomic mass is 10.1. The van der Waals surface area contributed by atoms with Crippen LogP contribution in [-0.4, -0.2) is 27.9 Å². The van der Waals surface area contributed by atoms with Crippen LogP contribution in [0.2, 0.25) is 0 Å². The van der Waals surface area contributed by atoms with Crippen LogP contribution in [0.5, 0.6) is 11.5 Å². The summed E-state index contributed by atoms with van der Waals surface area (Å²) in [4.78, 5) is 28.7. The van der Waals surface area contributed by atoms with Gasteiger partial charge in [-0.3, -0.25) is 14.9 Å². The van der Waals surface area contributed by atoms with Crippen molar-refractivity contribution in [3.63, 3.8) is 0 Å². The van der Waals surface area contributed by atoms with Gasteiger partial charge in [0.1, 0.15) is 12.4 Å². The second-order valence-electron chi connectivity index (χ2n) is 8.54. The molecule has 1 atom stereocenters. The summed E-state index contributed by atoms with van der Waals surface area (Å²) >= 11 is 6.91. The Kier molecular flexibility index (Phi) is 8.58. The number of benzene rings is 3. The molecule has 0 saturated carbocycles. The molecular weight excluding hydrogens is 620 g/mol. The molecule has 0 spiro atoms. The van der Waals surface area contributed by atoms with E-state index in [0.29, 0.717) is 33.8 Å². The van der Waals surface area contributed by atoms with Crippen molar-refractivity contribution >= 4 is 54.7 Å². The summed E-state index contributed by atoms with van der Waals surface area (Å²) in [6, 6.07) is 15.1. The van der Waals surface area contributed by atoms with E-state index in [1.54, 1.807) is 30.3 Å². The molecule has 4 rings (SSSR count). The van der Waals surface area contributed by atoms with Crippen molar-refractivity contribution in [2.45, 2.75) is 32.8 Å². The molecule has 0 aliphatic heterocycles. The summed E-state index contributed by atoms with van der Waals surface area (Å²) < 4.78 is 14.5. The van der Waals surface area contributed by atoms with Crippen LogP contribution >= 0.6 is 31.9 Å². The zero-order valence-electron chi connectivity index (χ0n) is 20.9. The van der Waals surface area contributed by atoms with E-state index in [-0.39, 0.29) is 23.8 Å². The Bertz CT molecular complexity index is 1590. The van der Waals surface area contributed by atoms with E-state index in [9.17, 15) is 14.9 Å². The average molecular weight is 644 g/mol. The summed E-state index contributed by atoms with van der Waals surface area (Å²) in [6.07, 6.45) is 2.32. The molecule has 0 bridgehead atoms. The van der Waals surface area contributed by atoms with E-state index in [0.717, 1.165) is 20.9 Å². The predicted octanol–water partition coefficient (Wildman–Crippen LogP) is 6.81. The fourth-order valence-electron chi connectivity index (χ4n) is 3.76. The van der Waals surface area contributed by atoms with E-state index < -0.39 is 4.92 Å². The minimum Gasteiger partial charge on any atom is -0.493 e. The highest BCUT2D eigenvalue weighted by molar-refractivity contribution is 9.10. The van der Waals surface area contributed by atoms with Crippen molar-refractivity contribution < 1.29 is 14.4 Å². The zero-order chi connectivity index (χ0) is 27.4. The molecule has 1 heterocycles. The molecule has 0 saturated heterocycles. The Hall–Kier alpha value is -3.57. The van der Waals surface area contributed by atoms with Crippen LogP contribution in [0.15, 0.2) is 73.4 Å². The summed E-state index contributed by atoms with van der Waals surface area (Å²) in [5.74, 6) is 1.41. The third-order valence-corrected chi connectivity index (χ3v) is 6.95. The average Bonchev–Trinajstić information content (AvgIpc) is 2.91. The van der Waals surface area contributed by atoms with Gasteiger partial charge in [0.25, 0.3) is 11.2 Å². The number of methoxy groups -OCH3 is 1. The number of nitro benzene ring substituents is 1. The third-order valence-electron chi connectivity index (χ3n) is 6.00. The predicted molar refractivity (Wildman–Crippen MR) is 154 cm³/mol. The van der Waals surface area contributed by atoms with Crippen LogP contribution < -0.4 is 15.0 Å². The number of fused-ring (bicyclic) bond motifs is 1. The second kappa shape index (κ2) is 11.9. The maximum absolute atomic E-state index is 13.5. The minimum atomic E-state index is -0.451. The minimum absolute atomic E-state index is 0.00127. The van der Waals surface area contributed by atoms with Crippen molar-refractivity contribution in [1.29, 1.82) is 0 Å². The molecule has 1 aromatic heterocycles. The van der Waals surface area contributed by atoms with Gasteiger partial charge in [-0.05, 0) is 54.4 Å². The molecule has 0 aliphatic rings. The van der Waals surface area contributed by atoms with E-state index >= 15 is 0 Å². The molecule has 0 unspecified atom stereocenters. The van der Waals surface area contributed by atoms with Crippen molar-refractivity contribution in [2.24, 2.45) is 5.10 Å². The van der Waals surface area contributed by atoms with Crippen molar-refractivity contribution in [3.05, 3.63) is 101 Å². The van der Waals surface area contributed by atoms with Crippen LogP contribution in [-0.2, 0) is 6.61 Å². The van der Waals surface area contributed by atoms with Gasteiger partial charge in [0.05, 0.1) is 29.2 Å². The van der Waals surface area contributed by atoms with E-state index in [2.05, 4.69) is 37.0 Å². The first-order valence-corrected chi connectivity index (χ1v) is 13.3. The molecule has 3 aromatic carbocycles. The van der Waals surface area contributed by atoms with Crippen LogP contribution in [0.25, 0.3) is 10.9 Å². The maximum atomic E-state index is 13.5. The Morgan fingerprint density at radius 1 is 1.13 bits per heavy atom. The van der Waals surface area contributed by atoms with Crippen molar-refractivity contribution in [1.82, 2.24) is 9.66 Å². The van der Waals surface area contributed by atoms with E-state index in [4.69, 9.17) is 14.5 Å². The summed E-state index contributed by atoms with van der Waals surface area (Å²) in [6.45, 7) is 4.17. The van der Waals surface area contributed by atoms with E-state index in [1.807, 2.05) is 26.0 Å². The molecule has 0 aliphatic carbocycles. The Labute approximate surface area is 235 Å². The van der Waals surface area contributed by atoms with Gasteiger partial charge in [-0.2, -0.15) is 9.78 Å². The first kappa shape index (κ1) is 27.5. The molecule has 0 fully saturated rings. The normalized spacial score (nSPS) is 12.1. The van der Waals surface area contributed by atoms with Crippen molar-refractivity contribution in [3.8, 4) is 11.5 Å². The first-order valence-electron chi connectivity index (χ1n) is 11.7. The molecule has 0 radical (unpaired) electrons. The van der Waals surface area contributed by atoms with Crippen LogP contribution in [0.1, 0.15) is 43.1 Å². The molecule has 4 aromatic rings. The smallest absolute Gasteiger partial charge is 0.282 e. The topological polar surface area (TPSA) is 109 Å². The quantitative estimate of drug-likeness (QED) is 0.113. The zero-order valence-corrected chi connectivity index (χ0v) is 24.0. The number of hydrogen-bond acceptors (Lipinski definition) is 7. The number of aromatic nitrogens is 2. The molecular formula is C27H24Br2N4O5. The highest BCUT2D eigenvalue weighted by Gasteiger charge is 2.17. The Morgan fingerprint density at radius 2 is 1.87 bits per heavy atom. The number of halogens is 2. The maximum Gasteiger partial charge on any atom is 0.282 e. The molecule has 196 valence electrons. The highest BCUT2D eigenvalue weighted by Crippen LogP contribution is 2.35. The lowest BCUT2D eigenvalue weighted by Crippen LogP contribution is -2.23. The first-order chi connectivity index (χ1) is 18.2. The van der Waals surface area contributed by atoms with Gasteiger partial charge in [-0.15, -0.1) is 0 Å². The summed E-state index contributed by atoms with van der Waals surface area (Å²) in [7, 11) is 1.53. The van der Waals surface area contributed by atoms with Gasteiger partial charge >= 0.3 is 0 Å². The third kappa shape index (κ3) is 5.94. The van der Waals surface area contributed by atoms with Gasteiger partial charge in [0, 0.05) is 32.6 Å². The summed E-state index contributed by atoms with van der Waals surface area (Å²) in [5, 5.41) is 16.0. The number of hydrogen-bond donors (Lipinski definition) is 0. The fourth-order valence-corrected chi connectivity index (χ4v) is 4.57. The summed E-state index contributed by atoms with van der Waals surface area (Å²) in [5.41, 5.74) is 1.63. The second-order valence-corrected chi connectivity index (χ2v) is 10.4. The molecule has 11 heteroatoms. The lowest BCUT2D eigenvalue weighted by molar-refractivity contribution is -0.384. The molecule has 0 N–H and O–H groups in total. The fraction of sp³-hybridized carbons (Fsp3) is 0.222. The number of nitrogens with zero attached hydrogens (tertiary/aromatic N) is 4. The molecule has 38 heavy (non-hydrogen) atoms. The number of nitro groups is 1. The van der Waals surface area contributed by atoms with Gasteiger partial charge in [0.2, 0.25) is 0 Å². The van der Waals surface area contributed by atoms with Crippen LogP contribution in [0, 0.1) is 10.1 Å². The molecule has 9 nitrogen and oxygen atoms in total. The Balaban J connectivity index is 1.76. The SMILES string of the molecule is CC[C@H](C)c1nc2ccc(Br)cc2c(=O)n1N=Cc1cc(Br)cc(OC)c1OCc1ccc([N+](=O)[O-])cc1. The van der Waals surface area contributed by atoms with Gasteiger partial charge in [-0.25, -0.2) is 4.98 Å². The molecule has 0 amide bonds. The number of non-ortho nitro benzene ring substituents is 1. The number of rotatable bonds is 9. The van der Waals surface area contributed by atoms with Gasteiger partial charge in [-0.1, -0.05) is 45.7 Å². The lowest BCUT2D eigenvalue weighted by Gasteiger charge is -2.15. The van der Waals surface area contributed by atoms with Crippen LogP contribution in [0.3, 0.4) is 0 Å². The van der Waals surface area contributed by atoms with Gasteiger partial charge in [0.15, 0.2) is 11.5 Å². The monoisotopic (exact) mass is 642 g/mol. The van der Waals surface area contributed by atoms with E-state index in [1.165, 1.54) is 30.1 Å². The van der Waals surface area contributed by atoms with Crippen molar-refractivity contribution in [2.75, 3.05) is 7.11 Å².